The summed E-state index contributed by atoms with van der Waals surface area (Å²) < 4.78 is 39.1. The number of benzene rings is 1. The maximum atomic E-state index is 13.1. The third kappa shape index (κ3) is 3.05. The molecule has 1 aliphatic rings. The monoisotopic (exact) mass is 350 g/mol. The number of hydrogen-bond donors (Lipinski definition) is 1. The van der Waals surface area contributed by atoms with Crippen LogP contribution in [0.1, 0.15) is 27.4 Å². The second-order valence-corrected chi connectivity index (χ2v) is 5.07. The van der Waals surface area contributed by atoms with Gasteiger partial charge in [0.2, 0.25) is 5.91 Å². The molecule has 0 radical (unpaired) electrons. The number of aromatic nitrogens is 2. The number of fused-ring (bicyclic) bond motifs is 1. The maximum Gasteiger partial charge on any atom is 0.281 e. The van der Waals surface area contributed by atoms with Crippen LogP contribution in [0.25, 0.3) is 0 Å². The van der Waals surface area contributed by atoms with E-state index in [-0.39, 0.29) is 30.0 Å². The fraction of sp³-hybridized carbons (Fsp3) is 0.133. The number of rotatable bonds is 4. The van der Waals surface area contributed by atoms with Crippen molar-refractivity contribution < 1.29 is 27.6 Å². The average Bonchev–Trinajstić information content (AvgIpc) is 2.82. The topological polar surface area (TPSA) is 92.3 Å². The molecule has 1 aliphatic heterocycles. The number of nitrogens with one attached hydrogen (secondary N) is 1. The van der Waals surface area contributed by atoms with E-state index in [0.717, 1.165) is 4.90 Å². The van der Waals surface area contributed by atoms with Gasteiger partial charge in [-0.15, -0.1) is 0 Å². The van der Waals surface area contributed by atoms with Gasteiger partial charge in [-0.25, -0.2) is 23.1 Å². The van der Waals surface area contributed by atoms with E-state index in [4.69, 9.17) is 0 Å². The molecule has 128 valence electrons. The largest absolute Gasteiger partial charge is 0.326 e. The van der Waals surface area contributed by atoms with E-state index in [9.17, 15) is 27.6 Å². The van der Waals surface area contributed by atoms with Crippen molar-refractivity contribution in [2.45, 2.75) is 6.42 Å². The standard InChI is InChI=1S/C15H9F3N4O3/c16-8-5-7(6-9(17)11(8)18)21-10(23)1-4-22-14(24)12-13(15(22)25)20-3-2-19-12/h2-3,5-6H,1,4H2,(H,21,23). The van der Waals surface area contributed by atoms with Crippen molar-refractivity contribution in [2.75, 3.05) is 11.9 Å². The van der Waals surface area contributed by atoms with Gasteiger partial charge in [0.05, 0.1) is 0 Å². The molecule has 2 heterocycles. The van der Waals surface area contributed by atoms with Crippen molar-refractivity contribution in [1.29, 1.82) is 0 Å². The Labute approximate surface area is 138 Å². The lowest BCUT2D eigenvalue weighted by Crippen LogP contribution is -2.33. The summed E-state index contributed by atoms with van der Waals surface area (Å²) in [5, 5.41) is 2.16. The summed E-state index contributed by atoms with van der Waals surface area (Å²) in [6.07, 6.45) is 2.20. The summed E-state index contributed by atoms with van der Waals surface area (Å²) in [6, 6.07) is 1.23. The van der Waals surface area contributed by atoms with Crippen molar-refractivity contribution in [2.24, 2.45) is 0 Å². The molecule has 0 fully saturated rings. The molecule has 0 saturated carbocycles. The van der Waals surface area contributed by atoms with Gasteiger partial charge in [0.25, 0.3) is 11.8 Å². The first kappa shape index (κ1) is 16.6. The molecule has 0 aliphatic carbocycles. The normalized spacial score (nSPS) is 13.2. The molecule has 0 spiro atoms. The summed E-state index contributed by atoms with van der Waals surface area (Å²) in [6.45, 7) is -0.270. The molecular weight excluding hydrogens is 341 g/mol. The van der Waals surface area contributed by atoms with Crippen LogP contribution >= 0.6 is 0 Å². The minimum Gasteiger partial charge on any atom is -0.326 e. The fourth-order valence-electron chi connectivity index (χ4n) is 2.27. The smallest absolute Gasteiger partial charge is 0.281 e. The molecular formula is C15H9F3N4O3. The van der Waals surface area contributed by atoms with Gasteiger partial charge in [0.15, 0.2) is 28.8 Å². The van der Waals surface area contributed by atoms with Crippen molar-refractivity contribution in [3.05, 3.63) is 53.4 Å². The summed E-state index contributed by atoms with van der Waals surface area (Å²) in [5.41, 5.74) is -0.488. The van der Waals surface area contributed by atoms with Crippen LogP contribution in [0.2, 0.25) is 0 Å². The van der Waals surface area contributed by atoms with Crippen molar-refractivity contribution >= 4 is 23.4 Å². The minimum absolute atomic E-state index is 0.101. The molecule has 7 nitrogen and oxygen atoms in total. The quantitative estimate of drug-likeness (QED) is 0.667. The molecule has 25 heavy (non-hydrogen) atoms. The zero-order valence-corrected chi connectivity index (χ0v) is 12.4. The summed E-state index contributed by atoms with van der Waals surface area (Å²) in [5.74, 6) is -6.63. The Morgan fingerprint density at radius 1 is 1.00 bits per heavy atom. The Morgan fingerprint density at radius 3 is 2.04 bits per heavy atom. The highest BCUT2D eigenvalue weighted by atomic mass is 19.2. The van der Waals surface area contributed by atoms with Gasteiger partial charge in [0.1, 0.15) is 0 Å². The van der Waals surface area contributed by atoms with Gasteiger partial charge < -0.3 is 5.32 Å². The summed E-state index contributed by atoms with van der Waals surface area (Å²) in [7, 11) is 0. The van der Waals surface area contributed by atoms with Crippen LogP contribution in [0.3, 0.4) is 0 Å². The highest BCUT2D eigenvalue weighted by molar-refractivity contribution is 6.19. The Hall–Kier alpha value is -3.30. The Morgan fingerprint density at radius 2 is 1.52 bits per heavy atom. The first-order valence-corrected chi connectivity index (χ1v) is 7.00. The van der Waals surface area contributed by atoms with Crippen molar-refractivity contribution in [1.82, 2.24) is 14.9 Å². The predicted octanol–water partition coefficient (Wildman–Crippen LogP) is 1.52. The molecule has 1 aromatic carbocycles. The first-order valence-electron chi connectivity index (χ1n) is 7.00. The van der Waals surface area contributed by atoms with Gasteiger partial charge in [0, 0.05) is 43.2 Å². The van der Waals surface area contributed by atoms with E-state index >= 15 is 0 Å². The van der Waals surface area contributed by atoms with Crippen molar-refractivity contribution in [3.8, 4) is 0 Å². The minimum atomic E-state index is -1.65. The molecule has 0 saturated heterocycles. The van der Waals surface area contributed by atoms with Gasteiger partial charge >= 0.3 is 0 Å². The third-order valence-corrected chi connectivity index (χ3v) is 3.42. The average molecular weight is 350 g/mol. The zero-order chi connectivity index (χ0) is 18.1. The molecule has 1 aromatic heterocycles. The zero-order valence-electron chi connectivity index (χ0n) is 12.4. The lowest BCUT2D eigenvalue weighted by Gasteiger charge is -2.13. The second kappa shape index (κ2) is 6.30. The van der Waals surface area contributed by atoms with Crippen LogP contribution in [-0.4, -0.2) is 39.1 Å². The Bertz CT molecular complexity index is 845. The first-order chi connectivity index (χ1) is 11.9. The van der Waals surface area contributed by atoms with Gasteiger partial charge in [-0.05, 0) is 0 Å². The van der Waals surface area contributed by atoms with Crippen LogP contribution < -0.4 is 5.32 Å². The van der Waals surface area contributed by atoms with Crippen LogP contribution in [0.4, 0.5) is 18.9 Å². The Kier molecular flexibility index (Phi) is 4.17. The number of hydrogen-bond acceptors (Lipinski definition) is 5. The van der Waals surface area contributed by atoms with Crippen LogP contribution in [0.5, 0.6) is 0 Å². The van der Waals surface area contributed by atoms with Crippen LogP contribution in [-0.2, 0) is 4.79 Å². The lowest BCUT2D eigenvalue weighted by molar-refractivity contribution is -0.116. The van der Waals surface area contributed by atoms with Crippen LogP contribution in [0, 0.1) is 17.5 Å². The van der Waals surface area contributed by atoms with E-state index in [1.54, 1.807) is 0 Å². The van der Waals surface area contributed by atoms with E-state index in [2.05, 4.69) is 15.3 Å². The van der Waals surface area contributed by atoms with E-state index in [0.29, 0.717) is 12.1 Å². The van der Waals surface area contributed by atoms with E-state index in [1.165, 1.54) is 12.4 Å². The summed E-state index contributed by atoms with van der Waals surface area (Å²) in [4.78, 5) is 44.2. The summed E-state index contributed by atoms with van der Waals surface area (Å²) >= 11 is 0. The number of amides is 3. The van der Waals surface area contributed by atoms with Gasteiger partial charge in [-0.1, -0.05) is 0 Å². The number of carbonyl (C=O) groups excluding carboxylic acids is 3. The molecule has 0 unspecified atom stereocenters. The molecule has 0 atom stereocenters. The molecule has 10 heteroatoms. The fourth-order valence-corrected chi connectivity index (χ4v) is 2.27. The van der Waals surface area contributed by atoms with Gasteiger partial charge in [-0.2, -0.15) is 0 Å². The SMILES string of the molecule is O=C(CCN1C(=O)c2nccnc2C1=O)Nc1cc(F)c(F)c(F)c1. The third-order valence-electron chi connectivity index (χ3n) is 3.42. The van der Waals surface area contributed by atoms with E-state index < -0.39 is 35.2 Å². The molecule has 1 N–H and O–H groups in total. The molecule has 3 rings (SSSR count). The maximum absolute atomic E-state index is 13.1. The van der Waals surface area contributed by atoms with Crippen molar-refractivity contribution in [3.63, 3.8) is 0 Å². The Balaban J connectivity index is 1.64. The lowest BCUT2D eigenvalue weighted by atomic mass is 10.2. The number of halogens is 3. The molecule has 2 aromatic rings. The number of anilines is 1. The van der Waals surface area contributed by atoms with Crippen LogP contribution in [0.15, 0.2) is 24.5 Å². The number of carbonyl (C=O) groups is 3. The molecule has 0 bridgehead atoms. The number of imide groups is 1. The second-order valence-electron chi connectivity index (χ2n) is 5.07. The highest BCUT2D eigenvalue weighted by Crippen LogP contribution is 2.20. The number of nitrogens with zero attached hydrogens (tertiary/aromatic N) is 3. The predicted molar refractivity (Wildman–Crippen MR) is 77.0 cm³/mol. The van der Waals surface area contributed by atoms with E-state index in [1.807, 2.05) is 0 Å². The van der Waals surface area contributed by atoms with Gasteiger partial charge in [-0.3, -0.25) is 19.3 Å². The molecule has 3 amide bonds. The highest BCUT2D eigenvalue weighted by Gasteiger charge is 2.38.